The van der Waals surface area contributed by atoms with E-state index in [9.17, 15) is 8.42 Å². The van der Waals surface area contributed by atoms with E-state index in [2.05, 4.69) is 4.98 Å². The van der Waals surface area contributed by atoms with Crippen LogP contribution < -0.4 is 9.88 Å². The summed E-state index contributed by atoms with van der Waals surface area (Å²) in [6.45, 7) is 0. The van der Waals surface area contributed by atoms with Crippen molar-refractivity contribution in [2.75, 3.05) is 0 Å². The van der Waals surface area contributed by atoms with Crippen LogP contribution in [0.25, 0.3) is 0 Å². The van der Waals surface area contributed by atoms with Gasteiger partial charge in [0, 0.05) is 12.3 Å². The van der Waals surface area contributed by atoms with Gasteiger partial charge in [-0.25, -0.2) is 18.5 Å². The van der Waals surface area contributed by atoms with Gasteiger partial charge < -0.3 is 4.74 Å². The van der Waals surface area contributed by atoms with Crippen LogP contribution in [0.15, 0.2) is 53.6 Å². The van der Waals surface area contributed by atoms with Crippen LogP contribution in [0.4, 0.5) is 0 Å². The van der Waals surface area contributed by atoms with Crippen molar-refractivity contribution >= 4 is 10.0 Å². The van der Waals surface area contributed by atoms with Crippen LogP contribution in [-0.2, 0) is 10.0 Å². The molecule has 2 rings (SSSR count). The fraction of sp³-hybridized carbons (Fsp3) is 0. The molecule has 1 aromatic heterocycles. The molecular weight excluding hydrogens is 240 g/mol. The van der Waals surface area contributed by atoms with Crippen molar-refractivity contribution in [3.05, 3.63) is 48.7 Å². The molecule has 6 heteroatoms. The zero-order chi connectivity index (χ0) is 12.3. The number of rotatable bonds is 3. The van der Waals surface area contributed by atoms with E-state index in [1.807, 2.05) is 0 Å². The molecule has 5 nitrogen and oxygen atoms in total. The van der Waals surface area contributed by atoms with Crippen molar-refractivity contribution in [2.24, 2.45) is 5.14 Å². The van der Waals surface area contributed by atoms with E-state index in [0.29, 0.717) is 11.6 Å². The minimum Gasteiger partial charge on any atom is -0.439 e. The molecule has 0 radical (unpaired) electrons. The highest BCUT2D eigenvalue weighted by molar-refractivity contribution is 7.89. The minimum atomic E-state index is -3.66. The van der Waals surface area contributed by atoms with Crippen molar-refractivity contribution in [3.63, 3.8) is 0 Å². The minimum absolute atomic E-state index is 0.0471. The van der Waals surface area contributed by atoms with Crippen LogP contribution >= 0.6 is 0 Å². The highest BCUT2D eigenvalue weighted by Gasteiger charge is 2.07. The van der Waals surface area contributed by atoms with Crippen molar-refractivity contribution in [2.45, 2.75) is 4.90 Å². The van der Waals surface area contributed by atoms with Crippen molar-refractivity contribution in [3.8, 4) is 11.6 Å². The smallest absolute Gasteiger partial charge is 0.238 e. The Bertz CT molecular complexity index is 594. The summed E-state index contributed by atoms with van der Waals surface area (Å²) in [5, 5.41) is 4.98. The predicted octanol–water partition coefficient (Wildman–Crippen LogP) is 1.52. The zero-order valence-corrected chi connectivity index (χ0v) is 9.59. The molecule has 0 unspecified atom stereocenters. The first-order valence-corrected chi connectivity index (χ1v) is 6.32. The number of pyridine rings is 1. The van der Waals surface area contributed by atoms with Gasteiger partial charge in [-0.1, -0.05) is 6.07 Å². The summed E-state index contributed by atoms with van der Waals surface area (Å²) in [4.78, 5) is 4.03. The summed E-state index contributed by atoms with van der Waals surface area (Å²) in [5.41, 5.74) is 0. The summed E-state index contributed by atoms with van der Waals surface area (Å²) in [7, 11) is -3.66. The Balaban J connectivity index is 2.20. The van der Waals surface area contributed by atoms with Gasteiger partial charge in [0.1, 0.15) is 5.75 Å². The second-order valence-corrected chi connectivity index (χ2v) is 4.85. The number of hydrogen-bond donors (Lipinski definition) is 1. The Labute approximate surface area is 98.9 Å². The molecule has 0 aliphatic carbocycles. The van der Waals surface area contributed by atoms with Gasteiger partial charge in [-0.05, 0) is 30.3 Å². The molecule has 88 valence electrons. The molecule has 0 fully saturated rings. The molecule has 0 aliphatic rings. The van der Waals surface area contributed by atoms with Gasteiger partial charge in [0.2, 0.25) is 15.9 Å². The third kappa shape index (κ3) is 3.02. The maximum absolute atomic E-state index is 11.0. The van der Waals surface area contributed by atoms with Gasteiger partial charge in [0.15, 0.2) is 0 Å². The van der Waals surface area contributed by atoms with Crippen molar-refractivity contribution in [1.82, 2.24) is 4.98 Å². The molecule has 1 aromatic carbocycles. The average Bonchev–Trinajstić information content (AvgIpc) is 2.30. The van der Waals surface area contributed by atoms with E-state index in [4.69, 9.17) is 9.88 Å². The molecule has 0 spiro atoms. The average molecular weight is 250 g/mol. The van der Waals surface area contributed by atoms with Gasteiger partial charge in [-0.15, -0.1) is 0 Å². The van der Waals surface area contributed by atoms with Crippen molar-refractivity contribution < 1.29 is 13.2 Å². The molecule has 1 heterocycles. The molecule has 0 amide bonds. The third-order valence-electron chi connectivity index (χ3n) is 2.01. The standard InChI is InChI=1S/C11H10N2O3S/c12-17(14,15)10-6-4-9(5-7-10)16-11-3-1-2-8-13-11/h1-8H,(H2,12,14,15). The van der Waals surface area contributed by atoms with E-state index in [-0.39, 0.29) is 4.90 Å². The fourth-order valence-corrected chi connectivity index (χ4v) is 1.74. The topological polar surface area (TPSA) is 82.3 Å². The second kappa shape index (κ2) is 4.52. The molecular formula is C11H10N2O3S. The number of nitrogens with zero attached hydrogens (tertiary/aromatic N) is 1. The van der Waals surface area contributed by atoms with Crippen LogP contribution in [0, 0.1) is 0 Å². The summed E-state index contributed by atoms with van der Waals surface area (Å²) in [6, 6.07) is 11.1. The first kappa shape index (κ1) is 11.6. The first-order valence-electron chi connectivity index (χ1n) is 4.77. The van der Waals surface area contributed by atoms with Crippen LogP contribution in [0.2, 0.25) is 0 Å². The first-order chi connectivity index (χ1) is 8.05. The van der Waals surface area contributed by atoms with E-state index in [0.717, 1.165) is 0 Å². The molecule has 0 bridgehead atoms. The molecule has 0 atom stereocenters. The molecule has 2 N–H and O–H groups in total. The Morgan fingerprint density at radius 1 is 1.06 bits per heavy atom. The SMILES string of the molecule is NS(=O)(=O)c1ccc(Oc2ccccn2)cc1. The van der Waals surface area contributed by atoms with E-state index < -0.39 is 10.0 Å². The van der Waals surface area contributed by atoms with Crippen LogP contribution in [-0.4, -0.2) is 13.4 Å². The Hall–Kier alpha value is -1.92. The number of ether oxygens (including phenoxy) is 1. The summed E-state index contributed by atoms with van der Waals surface area (Å²) in [5.74, 6) is 0.937. The Morgan fingerprint density at radius 2 is 1.76 bits per heavy atom. The lowest BCUT2D eigenvalue weighted by molar-refractivity contribution is 0.462. The maximum Gasteiger partial charge on any atom is 0.238 e. The number of sulfonamides is 1. The van der Waals surface area contributed by atoms with Crippen LogP contribution in [0.5, 0.6) is 11.6 Å². The number of aromatic nitrogens is 1. The summed E-state index contributed by atoms with van der Waals surface area (Å²) >= 11 is 0. The number of primary sulfonamides is 1. The largest absolute Gasteiger partial charge is 0.439 e. The number of benzene rings is 1. The zero-order valence-electron chi connectivity index (χ0n) is 8.78. The fourth-order valence-electron chi connectivity index (χ4n) is 1.23. The summed E-state index contributed by atoms with van der Waals surface area (Å²) in [6.07, 6.45) is 1.61. The van der Waals surface area contributed by atoms with Gasteiger partial charge in [-0.3, -0.25) is 0 Å². The van der Waals surface area contributed by atoms with E-state index >= 15 is 0 Å². The Morgan fingerprint density at radius 3 is 2.29 bits per heavy atom. The van der Waals surface area contributed by atoms with Crippen LogP contribution in [0.1, 0.15) is 0 Å². The highest BCUT2D eigenvalue weighted by atomic mass is 32.2. The quantitative estimate of drug-likeness (QED) is 0.895. The predicted molar refractivity (Wildman–Crippen MR) is 62.1 cm³/mol. The van der Waals surface area contributed by atoms with Gasteiger partial charge in [-0.2, -0.15) is 0 Å². The van der Waals surface area contributed by atoms with Gasteiger partial charge >= 0.3 is 0 Å². The maximum atomic E-state index is 11.0. The Kier molecular flexibility index (Phi) is 3.08. The van der Waals surface area contributed by atoms with Gasteiger partial charge in [0.25, 0.3) is 0 Å². The highest BCUT2D eigenvalue weighted by Crippen LogP contribution is 2.20. The molecule has 0 aliphatic heterocycles. The lowest BCUT2D eigenvalue weighted by Crippen LogP contribution is -2.11. The number of hydrogen-bond acceptors (Lipinski definition) is 4. The monoisotopic (exact) mass is 250 g/mol. The van der Waals surface area contributed by atoms with Gasteiger partial charge in [0.05, 0.1) is 4.90 Å². The van der Waals surface area contributed by atoms with Crippen LogP contribution in [0.3, 0.4) is 0 Å². The molecule has 0 saturated heterocycles. The summed E-state index contributed by atoms with van der Waals surface area (Å²) < 4.78 is 27.5. The molecule has 0 saturated carbocycles. The molecule has 17 heavy (non-hydrogen) atoms. The lowest BCUT2D eigenvalue weighted by atomic mass is 10.3. The van der Waals surface area contributed by atoms with E-state index in [1.54, 1.807) is 24.4 Å². The normalized spacial score (nSPS) is 11.1. The third-order valence-corrected chi connectivity index (χ3v) is 2.94. The molecule has 2 aromatic rings. The van der Waals surface area contributed by atoms with E-state index in [1.165, 1.54) is 24.3 Å². The van der Waals surface area contributed by atoms with Crippen molar-refractivity contribution in [1.29, 1.82) is 0 Å². The lowest BCUT2D eigenvalue weighted by Gasteiger charge is -2.04. The second-order valence-electron chi connectivity index (χ2n) is 3.29. The number of nitrogens with two attached hydrogens (primary N) is 1.